The summed E-state index contributed by atoms with van der Waals surface area (Å²) in [5.74, 6) is 0.325. The van der Waals surface area contributed by atoms with Crippen LogP contribution in [0.25, 0.3) is 0 Å². The van der Waals surface area contributed by atoms with Crippen LogP contribution in [-0.4, -0.2) is 46.0 Å². The van der Waals surface area contributed by atoms with Gasteiger partial charge in [0.25, 0.3) is 0 Å². The molecule has 2 unspecified atom stereocenters. The number of hydrogen-bond acceptors (Lipinski definition) is 4. The minimum Gasteiger partial charge on any atom is -0.394 e. The van der Waals surface area contributed by atoms with Gasteiger partial charge < -0.3 is 15.1 Å². The number of carbonyl (C=O) groups is 1. The average Bonchev–Trinajstić information content (AvgIpc) is 2.72. The molecule has 1 amide bonds. The van der Waals surface area contributed by atoms with E-state index in [0.717, 1.165) is 5.56 Å². The largest absolute Gasteiger partial charge is 0.394 e. The number of aliphatic hydroxyl groups excluding tert-OH is 2. The third kappa shape index (κ3) is 2.80. The molecule has 1 aromatic carbocycles. The number of thioether (sulfide) groups is 1. The van der Waals surface area contributed by atoms with Crippen molar-refractivity contribution in [3.05, 3.63) is 34.9 Å². The second-order valence-electron chi connectivity index (χ2n) is 4.07. The van der Waals surface area contributed by atoms with Gasteiger partial charge in [0, 0.05) is 10.6 Å². The SMILES string of the molecule is O=C1CSC(c2ccccc2Cl)N1CC(O)CO. The van der Waals surface area contributed by atoms with Crippen LogP contribution in [0.3, 0.4) is 0 Å². The zero-order valence-electron chi connectivity index (χ0n) is 9.62. The van der Waals surface area contributed by atoms with Crippen molar-refractivity contribution in [2.24, 2.45) is 0 Å². The molecule has 0 aromatic heterocycles. The summed E-state index contributed by atoms with van der Waals surface area (Å²) in [7, 11) is 0. The van der Waals surface area contributed by atoms with Gasteiger partial charge in [0.1, 0.15) is 5.37 Å². The van der Waals surface area contributed by atoms with Gasteiger partial charge in [0.05, 0.1) is 25.0 Å². The topological polar surface area (TPSA) is 60.8 Å². The Morgan fingerprint density at radius 2 is 2.22 bits per heavy atom. The Kier molecular flexibility index (Phi) is 4.50. The van der Waals surface area contributed by atoms with Gasteiger partial charge >= 0.3 is 0 Å². The van der Waals surface area contributed by atoms with Crippen LogP contribution in [0.1, 0.15) is 10.9 Å². The first kappa shape index (κ1) is 13.7. The Balaban J connectivity index is 2.21. The molecule has 4 nitrogen and oxygen atoms in total. The molecule has 1 fully saturated rings. The Hall–Kier alpha value is -0.750. The fourth-order valence-corrected chi connectivity index (χ4v) is 3.41. The third-order valence-corrected chi connectivity index (χ3v) is 4.34. The molecule has 98 valence electrons. The molecule has 0 radical (unpaired) electrons. The van der Waals surface area contributed by atoms with Crippen molar-refractivity contribution in [1.29, 1.82) is 0 Å². The van der Waals surface area contributed by atoms with Crippen LogP contribution < -0.4 is 0 Å². The molecule has 1 aromatic rings. The van der Waals surface area contributed by atoms with Crippen molar-refractivity contribution in [2.75, 3.05) is 18.9 Å². The second kappa shape index (κ2) is 5.93. The summed E-state index contributed by atoms with van der Waals surface area (Å²) in [5, 5.41) is 18.8. The van der Waals surface area contributed by atoms with Crippen LogP contribution in [0.4, 0.5) is 0 Å². The van der Waals surface area contributed by atoms with Crippen LogP contribution >= 0.6 is 23.4 Å². The van der Waals surface area contributed by atoms with E-state index < -0.39 is 6.10 Å². The van der Waals surface area contributed by atoms with E-state index in [9.17, 15) is 9.90 Å². The zero-order valence-corrected chi connectivity index (χ0v) is 11.2. The Bertz CT molecular complexity index is 443. The predicted molar refractivity (Wildman–Crippen MR) is 71.5 cm³/mol. The predicted octanol–water partition coefficient (Wildman–Crippen LogP) is 1.27. The number of nitrogens with zero attached hydrogens (tertiary/aromatic N) is 1. The van der Waals surface area contributed by atoms with Crippen molar-refractivity contribution in [3.63, 3.8) is 0 Å². The van der Waals surface area contributed by atoms with Crippen LogP contribution in [0.2, 0.25) is 5.02 Å². The van der Waals surface area contributed by atoms with Gasteiger partial charge in [0.15, 0.2) is 0 Å². The van der Waals surface area contributed by atoms with Gasteiger partial charge in [-0.05, 0) is 6.07 Å². The summed E-state index contributed by atoms with van der Waals surface area (Å²) < 4.78 is 0. The molecule has 6 heteroatoms. The third-order valence-electron chi connectivity index (χ3n) is 2.76. The Morgan fingerprint density at radius 3 is 2.89 bits per heavy atom. The Morgan fingerprint density at radius 1 is 1.50 bits per heavy atom. The van der Waals surface area contributed by atoms with E-state index in [-0.39, 0.29) is 24.4 Å². The highest BCUT2D eigenvalue weighted by molar-refractivity contribution is 8.00. The maximum Gasteiger partial charge on any atom is 0.233 e. The van der Waals surface area contributed by atoms with Crippen LogP contribution in [0, 0.1) is 0 Å². The molecule has 1 aliphatic rings. The molecule has 0 bridgehead atoms. The summed E-state index contributed by atoms with van der Waals surface area (Å²) >= 11 is 7.60. The highest BCUT2D eigenvalue weighted by atomic mass is 35.5. The van der Waals surface area contributed by atoms with Gasteiger partial charge in [-0.3, -0.25) is 4.79 Å². The number of β-amino-alcohol motifs (C(OH)–C–C–N with tert-alkyl or cyclic N) is 1. The second-order valence-corrected chi connectivity index (χ2v) is 5.54. The van der Waals surface area contributed by atoms with Gasteiger partial charge in [-0.15, -0.1) is 11.8 Å². The smallest absolute Gasteiger partial charge is 0.233 e. The van der Waals surface area contributed by atoms with Crippen molar-refractivity contribution >= 4 is 29.3 Å². The maximum atomic E-state index is 11.8. The van der Waals surface area contributed by atoms with Gasteiger partial charge in [-0.2, -0.15) is 0 Å². The lowest BCUT2D eigenvalue weighted by Crippen LogP contribution is -2.37. The summed E-state index contributed by atoms with van der Waals surface area (Å²) in [6.45, 7) is -0.234. The zero-order chi connectivity index (χ0) is 13.1. The monoisotopic (exact) mass is 287 g/mol. The van der Waals surface area contributed by atoms with E-state index in [1.165, 1.54) is 11.8 Å². The minimum absolute atomic E-state index is 0.0441. The van der Waals surface area contributed by atoms with Crippen molar-refractivity contribution in [1.82, 2.24) is 4.90 Å². The highest BCUT2D eigenvalue weighted by Crippen LogP contribution is 2.41. The maximum absolute atomic E-state index is 11.8. The van der Waals surface area contributed by atoms with E-state index in [1.54, 1.807) is 11.0 Å². The molecule has 2 rings (SSSR count). The average molecular weight is 288 g/mol. The van der Waals surface area contributed by atoms with Crippen LogP contribution in [0.15, 0.2) is 24.3 Å². The fraction of sp³-hybridized carbons (Fsp3) is 0.417. The molecule has 18 heavy (non-hydrogen) atoms. The van der Waals surface area contributed by atoms with Crippen molar-refractivity contribution in [3.8, 4) is 0 Å². The Labute approximate surface area is 115 Å². The number of benzene rings is 1. The lowest BCUT2D eigenvalue weighted by molar-refractivity contribution is -0.129. The standard InChI is InChI=1S/C12H14ClNO3S/c13-10-4-2-1-3-9(10)12-14(5-8(16)6-15)11(17)7-18-12/h1-4,8,12,15-16H,5-7H2. The summed E-state index contributed by atoms with van der Waals surface area (Å²) in [5.41, 5.74) is 0.861. The molecule has 0 spiro atoms. The summed E-state index contributed by atoms with van der Waals surface area (Å²) in [4.78, 5) is 13.4. The first-order valence-electron chi connectivity index (χ1n) is 5.58. The number of rotatable bonds is 4. The number of aliphatic hydroxyl groups is 2. The summed E-state index contributed by atoms with van der Waals surface area (Å²) in [6, 6.07) is 7.35. The molecule has 0 aliphatic carbocycles. The lowest BCUT2D eigenvalue weighted by atomic mass is 10.2. The van der Waals surface area contributed by atoms with E-state index in [1.807, 2.05) is 18.2 Å². The number of hydrogen-bond donors (Lipinski definition) is 2. The normalized spacial score (nSPS) is 21.4. The molecule has 0 saturated carbocycles. The van der Waals surface area contributed by atoms with E-state index in [4.69, 9.17) is 16.7 Å². The number of carbonyl (C=O) groups excluding carboxylic acids is 1. The van der Waals surface area contributed by atoms with Crippen LogP contribution in [0.5, 0.6) is 0 Å². The quantitative estimate of drug-likeness (QED) is 0.875. The lowest BCUT2D eigenvalue weighted by Gasteiger charge is -2.26. The molecule has 2 N–H and O–H groups in total. The molecule has 1 aliphatic heterocycles. The van der Waals surface area contributed by atoms with Gasteiger partial charge in [-0.1, -0.05) is 29.8 Å². The number of halogens is 1. The molecule has 1 heterocycles. The van der Waals surface area contributed by atoms with E-state index in [0.29, 0.717) is 10.8 Å². The molecule has 1 saturated heterocycles. The first-order valence-corrected chi connectivity index (χ1v) is 7.00. The van der Waals surface area contributed by atoms with E-state index in [2.05, 4.69) is 0 Å². The summed E-state index contributed by atoms with van der Waals surface area (Å²) in [6.07, 6.45) is -0.919. The van der Waals surface area contributed by atoms with Crippen molar-refractivity contribution < 1.29 is 15.0 Å². The molecular formula is C12H14ClNO3S. The van der Waals surface area contributed by atoms with Crippen LogP contribution in [-0.2, 0) is 4.79 Å². The minimum atomic E-state index is -0.919. The van der Waals surface area contributed by atoms with Gasteiger partial charge in [-0.25, -0.2) is 0 Å². The van der Waals surface area contributed by atoms with E-state index >= 15 is 0 Å². The number of amides is 1. The van der Waals surface area contributed by atoms with Crippen molar-refractivity contribution in [2.45, 2.75) is 11.5 Å². The molecule has 2 atom stereocenters. The first-order chi connectivity index (χ1) is 8.63. The fourth-order valence-electron chi connectivity index (χ4n) is 1.87. The molecular weight excluding hydrogens is 274 g/mol. The highest BCUT2D eigenvalue weighted by Gasteiger charge is 2.34. The van der Waals surface area contributed by atoms with Gasteiger partial charge in [0.2, 0.25) is 5.91 Å².